The van der Waals surface area contributed by atoms with Crippen LogP contribution in [-0.2, 0) is 101 Å². The molecule has 0 saturated carbocycles. The van der Waals surface area contributed by atoms with Crippen molar-refractivity contribution in [2.24, 2.45) is 0 Å². The molecule has 446 valence electrons. The average Bonchev–Trinajstić information content (AvgIpc) is 3.23. The Morgan fingerprint density at radius 3 is 0.463 bits per heavy atom. The molecule has 4 aromatic rings. The number of methoxy groups -OCH3 is 4. The molecule has 12 nitrogen and oxygen atoms in total. The third-order valence-electron chi connectivity index (χ3n) is 11.9. The molecule has 0 fully saturated rings. The molecule has 80 heavy (non-hydrogen) atoms. The quantitative estimate of drug-likeness (QED) is 0.195. The third-order valence-corrected chi connectivity index (χ3v) is 11.9. The van der Waals surface area contributed by atoms with Crippen molar-refractivity contribution in [3.05, 3.63) is 93.0 Å². The van der Waals surface area contributed by atoms with E-state index in [0.29, 0.717) is 48.7 Å². The van der Waals surface area contributed by atoms with Crippen molar-refractivity contribution in [3.63, 3.8) is 0 Å². The summed E-state index contributed by atoms with van der Waals surface area (Å²) >= 11 is 0. The van der Waals surface area contributed by atoms with Crippen molar-refractivity contribution < 1.29 is 215 Å². The van der Waals surface area contributed by atoms with Gasteiger partial charge in [-0.2, -0.15) is 0 Å². The molecule has 0 unspecified atom stereocenters. The van der Waals surface area contributed by atoms with Gasteiger partial charge in [0.2, 0.25) is 0 Å². The third kappa shape index (κ3) is 33.2. The van der Waals surface area contributed by atoms with Crippen LogP contribution in [0.2, 0.25) is 0 Å². The van der Waals surface area contributed by atoms with E-state index < -0.39 is 23.0 Å². The first-order valence-electron chi connectivity index (χ1n) is 26.0. The van der Waals surface area contributed by atoms with Crippen LogP contribution in [0.3, 0.4) is 0 Å². The number of ether oxygens (including phenoxy) is 4. The van der Waals surface area contributed by atoms with Gasteiger partial charge in [0.1, 0.15) is 0 Å². The first-order valence-corrected chi connectivity index (χ1v) is 26.0. The summed E-state index contributed by atoms with van der Waals surface area (Å²) in [6.07, 6.45) is 0. The minimum Gasteiger partial charge on any atom is -0.873 e. The van der Waals surface area contributed by atoms with Gasteiger partial charge in [-0.25, -0.2) is 0 Å². The predicted molar refractivity (Wildman–Crippen MR) is 298 cm³/mol. The van der Waals surface area contributed by atoms with E-state index in [1.165, 1.54) is 24.3 Å². The molecular weight excluding hydrogens is 1330 g/mol. The molecule has 0 spiro atoms. The van der Waals surface area contributed by atoms with Gasteiger partial charge in [0.15, 0.2) is 0 Å². The Kier molecular flexibility index (Phi) is 43.6. The molecule has 0 amide bonds. The van der Waals surface area contributed by atoms with Gasteiger partial charge >= 0.3 is 155 Å². The maximum Gasteiger partial charge on any atom is 3.00 e. The van der Waals surface area contributed by atoms with Crippen molar-refractivity contribution in [1.82, 2.24) is 0 Å². The van der Waals surface area contributed by atoms with Crippen LogP contribution in [0, 0.1) is 0 Å². The van der Waals surface area contributed by atoms with Crippen LogP contribution in [0.4, 0.5) is 0 Å². The molecule has 4 rings (SSSR count). The number of hydrogen-bond donors (Lipinski definition) is 0. The molecule has 0 aliphatic heterocycles. The van der Waals surface area contributed by atoms with Crippen molar-refractivity contribution in [2.45, 2.75) is 209 Å². The van der Waals surface area contributed by atoms with E-state index in [2.05, 4.69) is 18.9 Å². The van der Waals surface area contributed by atoms with Crippen LogP contribution in [-0.4, -0.2) is 54.9 Å². The maximum absolute atomic E-state index is 11.8. The van der Waals surface area contributed by atoms with E-state index in [1.54, 1.807) is 28.4 Å². The molecule has 16 heteroatoms. The largest absolute Gasteiger partial charge is 3.00 e. The Morgan fingerprint density at radius 1 is 0.250 bits per heavy atom. The van der Waals surface area contributed by atoms with E-state index in [1.807, 2.05) is 190 Å². The molecule has 0 aliphatic carbocycles. The van der Waals surface area contributed by atoms with Gasteiger partial charge in [-0.3, -0.25) is 0 Å². The molecular formula is C64H100O12Rb2Ru2. The summed E-state index contributed by atoms with van der Waals surface area (Å²) in [5.74, 6) is -3.01. The van der Waals surface area contributed by atoms with Gasteiger partial charge < -0.3 is 59.8 Å². The summed E-state index contributed by atoms with van der Waals surface area (Å²) in [4.78, 5) is 0. The number of benzene rings is 4. The summed E-state index contributed by atoms with van der Waals surface area (Å²) < 4.78 is 18.6. The Labute approximate surface area is 609 Å². The summed E-state index contributed by atoms with van der Waals surface area (Å²) in [5.41, 5.74) is 4.65. The van der Waals surface area contributed by atoms with E-state index >= 15 is 0 Å². The topological polar surface area (TPSA) is 221 Å². The SMILES string of the molecule is CC(C)(C)c1cc([O-])c([O-])c(C(C)(C)C)c1.CC(C)(C)c1cc([O-])c([O-])c(C(C)(C)C)c1.CC(C)(C)c1cc([O-])c([O-])c(C(C)(C)C)c1.CC(C)(C)c1cc([O-])c([O-])c(C(C)(C)C)c1.COCCOC.COCCOC.[Rb+].[Rb+].[Ru+3].[Ru+3]. The van der Waals surface area contributed by atoms with E-state index in [-0.39, 0.29) is 222 Å². The second-order valence-corrected chi connectivity index (χ2v) is 27.4. The molecule has 0 heterocycles. The summed E-state index contributed by atoms with van der Waals surface area (Å²) in [6, 6.07) is 13.4. The summed E-state index contributed by atoms with van der Waals surface area (Å²) in [5, 5.41) is 93.7. The fourth-order valence-electron chi connectivity index (χ4n) is 6.70. The Balaban J connectivity index is -0.000000210. The van der Waals surface area contributed by atoms with Gasteiger partial charge in [0, 0.05) is 28.4 Å². The van der Waals surface area contributed by atoms with E-state index in [0.717, 1.165) is 22.3 Å². The maximum atomic E-state index is 11.8. The first-order chi connectivity index (χ1) is 34.0. The van der Waals surface area contributed by atoms with Gasteiger partial charge in [0.05, 0.1) is 26.4 Å². The Morgan fingerprint density at radius 2 is 0.375 bits per heavy atom. The van der Waals surface area contributed by atoms with Crippen LogP contribution in [0.25, 0.3) is 0 Å². The van der Waals surface area contributed by atoms with Crippen LogP contribution < -0.4 is 157 Å². The van der Waals surface area contributed by atoms with Gasteiger partial charge in [-0.15, -0.1) is 46.0 Å². The molecule has 2 radical (unpaired) electrons. The van der Waals surface area contributed by atoms with Crippen LogP contribution in [0.1, 0.15) is 211 Å². The zero-order valence-corrected chi connectivity index (χ0v) is 68.4. The van der Waals surface area contributed by atoms with E-state index in [4.69, 9.17) is 0 Å². The molecule has 0 bridgehead atoms. The smallest absolute Gasteiger partial charge is 0.873 e. The Hall–Kier alpha value is -0.0229. The van der Waals surface area contributed by atoms with Crippen molar-refractivity contribution >= 4 is 0 Å². The standard InChI is InChI=1S/4C14H22O2.2C4H10O2.2Rb.2Ru/c4*1-13(2,3)9-7-10(14(4,5)6)12(16)11(15)8-9;2*1-5-3-4-6-2;;;;/h4*7-8,15-16H,1-6H3;2*3-4H2,1-2H3;;;;/q;;;;;;2*+1;2*+3/p-8. The minimum absolute atomic E-state index is 0. The molecule has 0 atom stereocenters. The van der Waals surface area contributed by atoms with Crippen molar-refractivity contribution in [3.8, 4) is 46.0 Å². The average molecular weight is 1430 g/mol. The van der Waals surface area contributed by atoms with Gasteiger partial charge in [-0.1, -0.05) is 237 Å². The van der Waals surface area contributed by atoms with Gasteiger partial charge in [-0.05, 0) is 65.6 Å². The molecule has 0 aliphatic rings. The van der Waals surface area contributed by atoms with Crippen molar-refractivity contribution in [1.29, 1.82) is 0 Å². The molecule has 0 saturated heterocycles. The Bertz CT molecular complexity index is 2050. The minimum atomic E-state index is -0.391. The monoisotopic (exact) mass is 1430 g/mol. The van der Waals surface area contributed by atoms with Gasteiger partial charge in [0.25, 0.3) is 0 Å². The zero-order valence-electron chi connectivity index (χ0n) is 55.1. The number of hydrogen-bond acceptors (Lipinski definition) is 12. The van der Waals surface area contributed by atoms with Crippen LogP contribution in [0.5, 0.6) is 46.0 Å². The first kappa shape index (κ1) is 91.2. The molecule has 0 N–H and O–H groups in total. The second-order valence-electron chi connectivity index (χ2n) is 27.4. The fourth-order valence-corrected chi connectivity index (χ4v) is 6.70. The van der Waals surface area contributed by atoms with Crippen molar-refractivity contribution in [2.75, 3.05) is 54.9 Å². The van der Waals surface area contributed by atoms with E-state index in [9.17, 15) is 40.9 Å². The normalized spacial score (nSPS) is 11.7. The predicted octanol–water partition coefficient (Wildman–Crippen LogP) is 4.28. The van der Waals surface area contributed by atoms with Crippen LogP contribution in [0.15, 0.2) is 48.5 Å². The second kappa shape index (κ2) is 38.3. The summed E-state index contributed by atoms with van der Waals surface area (Å²) in [7, 11) is 6.61. The number of rotatable bonds is 6. The molecule has 0 aromatic heterocycles. The summed E-state index contributed by atoms with van der Waals surface area (Å²) in [6.45, 7) is 50.7. The molecule has 4 aromatic carbocycles. The fraction of sp³-hybridized carbons (Fsp3) is 0.625. The zero-order chi connectivity index (χ0) is 60.6. The van der Waals surface area contributed by atoms with Crippen LogP contribution >= 0.6 is 0 Å².